The van der Waals surface area contributed by atoms with Gasteiger partial charge >= 0.3 is 0 Å². The number of hydrogen-bond acceptors (Lipinski definition) is 6. The van der Waals surface area contributed by atoms with Crippen molar-refractivity contribution in [1.82, 2.24) is 19.9 Å². The summed E-state index contributed by atoms with van der Waals surface area (Å²) in [7, 11) is 2.05. The summed E-state index contributed by atoms with van der Waals surface area (Å²) in [5.41, 5.74) is 4.00. The smallest absolute Gasteiger partial charge is 0.252 e. The standard InChI is InChI=1S/C20H25N5O/c1-14-21-19(18-20(22-14)26-15(2)23-18)24(3)12-16-8-4-5-9-17(16)13-25-10-6-7-11-25/h4-5,8-9H,6-7,10-13H2,1-3H3. The van der Waals surface area contributed by atoms with Crippen LogP contribution in [0.25, 0.3) is 11.2 Å². The fourth-order valence-corrected chi connectivity index (χ4v) is 3.66. The average Bonchev–Trinajstić information content (AvgIpc) is 3.24. The minimum atomic E-state index is 0.558. The molecule has 0 spiro atoms. The lowest BCUT2D eigenvalue weighted by Crippen LogP contribution is -2.23. The van der Waals surface area contributed by atoms with Crippen molar-refractivity contribution in [2.75, 3.05) is 25.0 Å². The van der Waals surface area contributed by atoms with E-state index in [2.05, 4.69) is 56.1 Å². The van der Waals surface area contributed by atoms with Gasteiger partial charge in [0.2, 0.25) is 0 Å². The number of anilines is 1. The maximum atomic E-state index is 5.61. The van der Waals surface area contributed by atoms with Crippen LogP contribution in [0.5, 0.6) is 0 Å². The van der Waals surface area contributed by atoms with Crippen LogP contribution in [-0.4, -0.2) is 40.0 Å². The number of nitrogens with zero attached hydrogens (tertiary/aromatic N) is 5. The second-order valence-electron chi connectivity index (χ2n) is 7.09. The van der Waals surface area contributed by atoms with Crippen molar-refractivity contribution in [2.24, 2.45) is 0 Å². The normalized spacial score (nSPS) is 15.0. The molecule has 26 heavy (non-hydrogen) atoms. The maximum Gasteiger partial charge on any atom is 0.252 e. The highest BCUT2D eigenvalue weighted by Gasteiger charge is 2.18. The third-order valence-electron chi connectivity index (χ3n) is 4.94. The number of hydrogen-bond donors (Lipinski definition) is 0. The molecule has 0 saturated carbocycles. The van der Waals surface area contributed by atoms with Crippen molar-refractivity contribution in [3.8, 4) is 0 Å². The minimum Gasteiger partial charge on any atom is -0.422 e. The van der Waals surface area contributed by atoms with E-state index in [1.807, 2.05) is 13.8 Å². The van der Waals surface area contributed by atoms with Gasteiger partial charge in [0.05, 0.1) is 0 Å². The SMILES string of the molecule is Cc1nc(N(C)Cc2ccccc2CN2CCCC2)c2nc(C)oc2n1. The molecular weight excluding hydrogens is 326 g/mol. The molecule has 0 radical (unpaired) electrons. The van der Waals surface area contributed by atoms with Gasteiger partial charge in [0.15, 0.2) is 17.2 Å². The van der Waals surface area contributed by atoms with Gasteiger partial charge in [0, 0.05) is 27.1 Å². The fraction of sp³-hybridized carbons (Fsp3) is 0.450. The lowest BCUT2D eigenvalue weighted by Gasteiger charge is -2.22. The summed E-state index contributed by atoms with van der Waals surface area (Å²) >= 11 is 0. The largest absolute Gasteiger partial charge is 0.422 e. The maximum absolute atomic E-state index is 5.61. The second-order valence-corrected chi connectivity index (χ2v) is 7.09. The van der Waals surface area contributed by atoms with Crippen molar-refractivity contribution in [3.05, 3.63) is 47.1 Å². The first kappa shape index (κ1) is 17.0. The molecule has 1 aliphatic heterocycles. The van der Waals surface area contributed by atoms with E-state index in [0.29, 0.717) is 17.4 Å². The highest BCUT2D eigenvalue weighted by Crippen LogP contribution is 2.25. The molecule has 2 aromatic heterocycles. The Bertz CT molecular complexity index is 914. The van der Waals surface area contributed by atoms with Crippen molar-refractivity contribution in [3.63, 3.8) is 0 Å². The zero-order valence-electron chi connectivity index (χ0n) is 15.7. The second kappa shape index (κ2) is 7.03. The van der Waals surface area contributed by atoms with Gasteiger partial charge in [-0.15, -0.1) is 0 Å². The summed E-state index contributed by atoms with van der Waals surface area (Å²) in [5.74, 6) is 2.13. The van der Waals surface area contributed by atoms with Gasteiger partial charge in [0.1, 0.15) is 5.82 Å². The summed E-state index contributed by atoms with van der Waals surface area (Å²) in [6.07, 6.45) is 2.62. The van der Waals surface area contributed by atoms with E-state index in [9.17, 15) is 0 Å². The topological polar surface area (TPSA) is 58.3 Å². The Hall–Kier alpha value is -2.47. The van der Waals surface area contributed by atoms with Crippen LogP contribution in [0.4, 0.5) is 5.82 Å². The number of likely N-dealkylation sites (tertiary alicyclic amines) is 1. The number of rotatable bonds is 5. The molecule has 3 aromatic rings. The van der Waals surface area contributed by atoms with E-state index in [4.69, 9.17) is 4.42 Å². The summed E-state index contributed by atoms with van der Waals surface area (Å²) < 4.78 is 5.61. The summed E-state index contributed by atoms with van der Waals surface area (Å²) in [5, 5.41) is 0. The Labute approximate surface area is 153 Å². The molecule has 0 bridgehead atoms. The van der Waals surface area contributed by atoms with Crippen molar-refractivity contribution in [2.45, 2.75) is 39.8 Å². The van der Waals surface area contributed by atoms with E-state index in [0.717, 1.165) is 24.4 Å². The highest BCUT2D eigenvalue weighted by atomic mass is 16.4. The van der Waals surface area contributed by atoms with E-state index in [-0.39, 0.29) is 0 Å². The minimum absolute atomic E-state index is 0.558. The van der Waals surface area contributed by atoms with Gasteiger partial charge in [-0.3, -0.25) is 4.90 Å². The molecule has 6 heteroatoms. The molecule has 1 saturated heterocycles. The zero-order chi connectivity index (χ0) is 18.1. The molecule has 1 fully saturated rings. The van der Waals surface area contributed by atoms with Crippen LogP contribution in [0.3, 0.4) is 0 Å². The van der Waals surface area contributed by atoms with E-state index in [1.165, 1.54) is 37.1 Å². The quantitative estimate of drug-likeness (QED) is 0.701. The fourth-order valence-electron chi connectivity index (χ4n) is 3.66. The van der Waals surface area contributed by atoms with Gasteiger partial charge < -0.3 is 9.32 Å². The van der Waals surface area contributed by atoms with Crippen LogP contribution in [0.1, 0.15) is 35.7 Å². The van der Waals surface area contributed by atoms with Gasteiger partial charge in [-0.25, -0.2) is 9.97 Å². The Kier molecular flexibility index (Phi) is 4.59. The predicted molar refractivity (Wildman–Crippen MR) is 102 cm³/mol. The van der Waals surface area contributed by atoms with E-state index < -0.39 is 0 Å². The highest BCUT2D eigenvalue weighted by molar-refractivity contribution is 5.81. The van der Waals surface area contributed by atoms with Crippen molar-refractivity contribution < 1.29 is 4.42 Å². The van der Waals surface area contributed by atoms with Crippen LogP contribution >= 0.6 is 0 Å². The zero-order valence-corrected chi connectivity index (χ0v) is 15.7. The number of benzene rings is 1. The van der Waals surface area contributed by atoms with Gasteiger partial charge in [0.25, 0.3) is 5.71 Å². The molecule has 1 aromatic carbocycles. The molecule has 1 aliphatic rings. The lowest BCUT2D eigenvalue weighted by molar-refractivity contribution is 0.330. The lowest BCUT2D eigenvalue weighted by atomic mass is 10.1. The number of oxazole rings is 1. The van der Waals surface area contributed by atoms with E-state index in [1.54, 1.807) is 0 Å². The van der Waals surface area contributed by atoms with Gasteiger partial charge in [-0.2, -0.15) is 4.98 Å². The molecule has 0 N–H and O–H groups in total. The Morgan fingerprint density at radius 3 is 2.54 bits per heavy atom. The van der Waals surface area contributed by atoms with Gasteiger partial charge in [-0.05, 0) is 44.0 Å². The molecule has 0 aliphatic carbocycles. The molecule has 0 atom stereocenters. The third kappa shape index (κ3) is 3.42. The summed E-state index contributed by atoms with van der Waals surface area (Å²) in [6, 6.07) is 8.68. The van der Waals surface area contributed by atoms with Crippen molar-refractivity contribution in [1.29, 1.82) is 0 Å². The van der Waals surface area contributed by atoms with Crippen LogP contribution in [0, 0.1) is 13.8 Å². The first-order chi connectivity index (χ1) is 12.6. The first-order valence-electron chi connectivity index (χ1n) is 9.22. The summed E-state index contributed by atoms with van der Waals surface area (Å²) in [6.45, 7) is 7.93. The molecule has 0 amide bonds. The third-order valence-corrected chi connectivity index (χ3v) is 4.94. The molecule has 0 unspecified atom stereocenters. The summed E-state index contributed by atoms with van der Waals surface area (Å²) in [4.78, 5) is 18.1. The molecule has 3 heterocycles. The van der Waals surface area contributed by atoms with Crippen LogP contribution in [0.15, 0.2) is 28.7 Å². The number of aryl methyl sites for hydroxylation is 2. The Morgan fingerprint density at radius 2 is 1.77 bits per heavy atom. The predicted octanol–water partition coefficient (Wildman–Crippen LogP) is 3.47. The Balaban J connectivity index is 1.61. The Morgan fingerprint density at radius 1 is 1.04 bits per heavy atom. The number of fused-ring (bicyclic) bond motifs is 1. The van der Waals surface area contributed by atoms with Crippen LogP contribution < -0.4 is 4.90 Å². The van der Waals surface area contributed by atoms with Gasteiger partial charge in [-0.1, -0.05) is 24.3 Å². The molecule has 6 nitrogen and oxygen atoms in total. The molecular formula is C20H25N5O. The molecule has 136 valence electrons. The average molecular weight is 351 g/mol. The monoisotopic (exact) mass is 351 g/mol. The van der Waals surface area contributed by atoms with Crippen LogP contribution in [-0.2, 0) is 13.1 Å². The van der Waals surface area contributed by atoms with E-state index >= 15 is 0 Å². The molecule has 4 rings (SSSR count). The van der Waals surface area contributed by atoms with Crippen molar-refractivity contribution >= 4 is 17.0 Å². The first-order valence-corrected chi connectivity index (χ1v) is 9.22. The number of aromatic nitrogens is 3. The van der Waals surface area contributed by atoms with Crippen LogP contribution in [0.2, 0.25) is 0 Å².